The van der Waals surface area contributed by atoms with E-state index in [-0.39, 0.29) is 10.6 Å². The second-order valence-electron chi connectivity index (χ2n) is 6.52. The molecule has 0 spiro atoms. The summed E-state index contributed by atoms with van der Waals surface area (Å²) in [6.45, 7) is 1.95. The number of hydrogen-bond donors (Lipinski definition) is 2. The number of carbonyl (C=O) groups is 1. The largest absolute Gasteiger partial charge is 0.457 e. The monoisotopic (exact) mass is 421 g/mol. The summed E-state index contributed by atoms with van der Waals surface area (Å²) >= 11 is 10.8. The number of thiol groups is 1. The van der Waals surface area contributed by atoms with E-state index in [4.69, 9.17) is 16.0 Å². The third-order valence-corrected chi connectivity index (χ3v) is 5.50. The lowest BCUT2D eigenvalue weighted by Crippen LogP contribution is -2.46. The van der Waals surface area contributed by atoms with Crippen molar-refractivity contribution in [2.45, 2.75) is 13.1 Å². The van der Waals surface area contributed by atoms with E-state index in [9.17, 15) is 10.1 Å². The van der Waals surface area contributed by atoms with Gasteiger partial charge in [0.1, 0.15) is 23.2 Å². The quantitative estimate of drug-likeness (QED) is 0.569. The van der Waals surface area contributed by atoms with Gasteiger partial charge in [0.05, 0.1) is 10.1 Å². The third kappa shape index (κ3) is 3.39. The average molecular weight is 422 g/mol. The van der Waals surface area contributed by atoms with Gasteiger partial charge in [0, 0.05) is 11.3 Å². The second-order valence-corrected chi connectivity index (χ2v) is 7.36. The highest BCUT2D eigenvalue weighted by molar-refractivity contribution is 7.84. The topological polar surface area (TPSA) is 69.3 Å². The standard InChI is InChI=1S/C22H16ClN3O2S/c1-13-6-2-5-9-17(13)26-20(25-21(27)15(12-24)22(26)29)19-11-10-18(28-19)14-7-3-4-8-16(14)23/h2-11,20,29H,1H3,(H,25,27). The predicted octanol–water partition coefficient (Wildman–Crippen LogP) is 5.21. The first-order chi connectivity index (χ1) is 14.0. The number of rotatable bonds is 3. The van der Waals surface area contributed by atoms with Crippen LogP contribution in [0.5, 0.6) is 0 Å². The van der Waals surface area contributed by atoms with E-state index in [2.05, 4.69) is 17.9 Å². The zero-order valence-electron chi connectivity index (χ0n) is 15.4. The maximum atomic E-state index is 12.5. The number of nitrogens with one attached hydrogen (secondary N) is 1. The Kier molecular flexibility index (Phi) is 5.10. The maximum absolute atomic E-state index is 12.5. The van der Waals surface area contributed by atoms with Crippen molar-refractivity contribution in [2.75, 3.05) is 4.90 Å². The highest BCUT2D eigenvalue weighted by Gasteiger charge is 2.36. The average Bonchev–Trinajstić information content (AvgIpc) is 3.19. The Hall–Kier alpha value is -3.14. The van der Waals surface area contributed by atoms with E-state index in [0.717, 1.165) is 16.8 Å². The fourth-order valence-corrected chi connectivity index (χ4v) is 3.90. The molecule has 29 heavy (non-hydrogen) atoms. The van der Waals surface area contributed by atoms with Crippen molar-refractivity contribution < 1.29 is 9.21 Å². The molecule has 1 aliphatic rings. The summed E-state index contributed by atoms with van der Waals surface area (Å²) in [5.41, 5.74) is 2.48. The van der Waals surface area contributed by atoms with Gasteiger partial charge < -0.3 is 14.6 Å². The van der Waals surface area contributed by atoms with Gasteiger partial charge in [-0.2, -0.15) is 5.26 Å². The predicted molar refractivity (Wildman–Crippen MR) is 115 cm³/mol. The van der Waals surface area contributed by atoms with E-state index in [1.165, 1.54) is 0 Å². The summed E-state index contributed by atoms with van der Waals surface area (Å²) in [5, 5.41) is 13.1. The van der Waals surface area contributed by atoms with Gasteiger partial charge in [-0.25, -0.2) is 0 Å². The Morgan fingerprint density at radius 2 is 1.86 bits per heavy atom. The minimum Gasteiger partial charge on any atom is -0.457 e. The summed E-state index contributed by atoms with van der Waals surface area (Å²) in [6.07, 6.45) is -0.663. The number of aryl methyl sites for hydroxylation is 1. The molecule has 1 aliphatic heterocycles. The lowest BCUT2D eigenvalue weighted by Gasteiger charge is -2.37. The Labute approximate surface area is 178 Å². The number of anilines is 1. The number of benzene rings is 2. The minimum absolute atomic E-state index is 0.0503. The number of nitriles is 1. The highest BCUT2D eigenvalue weighted by atomic mass is 35.5. The van der Waals surface area contributed by atoms with Gasteiger partial charge >= 0.3 is 0 Å². The van der Waals surface area contributed by atoms with Crippen LogP contribution in [-0.2, 0) is 4.79 Å². The van der Waals surface area contributed by atoms with Gasteiger partial charge in [-0.3, -0.25) is 4.79 Å². The lowest BCUT2D eigenvalue weighted by atomic mass is 10.1. The molecule has 0 aliphatic carbocycles. The number of halogens is 1. The molecule has 144 valence electrons. The Balaban J connectivity index is 1.83. The first-order valence-corrected chi connectivity index (χ1v) is 9.67. The van der Waals surface area contributed by atoms with Crippen molar-refractivity contribution in [3.8, 4) is 17.4 Å². The molecular formula is C22H16ClN3O2S. The molecule has 1 aromatic heterocycles. The molecule has 7 heteroatoms. The number of hydrogen-bond acceptors (Lipinski definition) is 5. The van der Waals surface area contributed by atoms with Crippen molar-refractivity contribution in [3.05, 3.63) is 87.6 Å². The molecule has 2 heterocycles. The van der Waals surface area contributed by atoms with E-state index < -0.39 is 12.1 Å². The summed E-state index contributed by atoms with van der Waals surface area (Å²) in [7, 11) is 0. The van der Waals surface area contributed by atoms with Crippen molar-refractivity contribution in [2.24, 2.45) is 0 Å². The van der Waals surface area contributed by atoms with E-state index in [0.29, 0.717) is 16.5 Å². The van der Waals surface area contributed by atoms with E-state index in [1.54, 1.807) is 23.1 Å². The third-order valence-electron chi connectivity index (χ3n) is 4.73. The van der Waals surface area contributed by atoms with Crippen LogP contribution >= 0.6 is 24.2 Å². The Morgan fingerprint density at radius 3 is 2.59 bits per heavy atom. The number of furan rings is 1. The Bertz CT molecular complexity index is 1180. The smallest absolute Gasteiger partial charge is 0.266 e. The van der Waals surface area contributed by atoms with Crippen molar-refractivity contribution in [1.29, 1.82) is 5.26 Å². The molecule has 5 nitrogen and oxygen atoms in total. The van der Waals surface area contributed by atoms with Crippen LogP contribution in [0, 0.1) is 18.3 Å². The van der Waals surface area contributed by atoms with Crippen LogP contribution in [0.25, 0.3) is 11.3 Å². The molecule has 4 rings (SSSR count). The number of nitrogens with zero attached hydrogens (tertiary/aromatic N) is 2. The molecule has 3 aromatic rings. The zero-order chi connectivity index (χ0) is 20.5. The van der Waals surface area contributed by atoms with Crippen LogP contribution < -0.4 is 10.2 Å². The molecule has 0 saturated carbocycles. The van der Waals surface area contributed by atoms with Gasteiger partial charge in [-0.05, 0) is 42.8 Å². The molecule has 1 atom stereocenters. The van der Waals surface area contributed by atoms with Gasteiger partial charge in [0.2, 0.25) is 0 Å². The second kappa shape index (κ2) is 7.70. The fraction of sp³-hybridized carbons (Fsp3) is 0.0909. The molecule has 2 aromatic carbocycles. The van der Waals surface area contributed by atoms with Crippen LogP contribution in [0.4, 0.5) is 5.69 Å². The van der Waals surface area contributed by atoms with Crippen LogP contribution in [0.3, 0.4) is 0 Å². The van der Waals surface area contributed by atoms with Gasteiger partial charge in [0.25, 0.3) is 5.91 Å². The van der Waals surface area contributed by atoms with Gasteiger partial charge in [-0.15, -0.1) is 12.6 Å². The molecule has 1 N–H and O–H groups in total. The molecule has 0 fully saturated rings. The van der Waals surface area contributed by atoms with Crippen LogP contribution in [0.1, 0.15) is 17.5 Å². The molecule has 0 saturated heterocycles. The molecule has 1 unspecified atom stereocenters. The maximum Gasteiger partial charge on any atom is 0.266 e. The molecular weight excluding hydrogens is 406 g/mol. The van der Waals surface area contributed by atoms with Gasteiger partial charge in [-0.1, -0.05) is 41.9 Å². The zero-order valence-corrected chi connectivity index (χ0v) is 17.0. The van der Waals surface area contributed by atoms with Crippen LogP contribution in [0.15, 0.2) is 75.7 Å². The van der Waals surface area contributed by atoms with E-state index >= 15 is 0 Å². The van der Waals surface area contributed by atoms with Crippen molar-refractivity contribution in [1.82, 2.24) is 5.32 Å². The minimum atomic E-state index is -0.663. The van der Waals surface area contributed by atoms with Crippen LogP contribution in [0.2, 0.25) is 5.02 Å². The van der Waals surface area contributed by atoms with Crippen molar-refractivity contribution >= 4 is 35.8 Å². The number of para-hydroxylation sites is 1. The highest BCUT2D eigenvalue weighted by Crippen LogP contribution is 2.39. The molecule has 0 radical (unpaired) electrons. The van der Waals surface area contributed by atoms with Crippen molar-refractivity contribution in [3.63, 3.8) is 0 Å². The normalized spacial score (nSPS) is 16.6. The Morgan fingerprint density at radius 1 is 1.14 bits per heavy atom. The summed E-state index contributed by atoms with van der Waals surface area (Å²) in [5.74, 6) is 0.587. The summed E-state index contributed by atoms with van der Waals surface area (Å²) in [4.78, 5) is 14.3. The number of carbonyl (C=O) groups excluding carboxylic acids is 1. The first-order valence-electron chi connectivity index (χ1n) is 8.85. The van der Waals surface area contributed by atoms with Crippen LogP contribution in [-0.4, -0.2) is 5.91 Å². The van der Waals surface area contributed by atoms with E-state index in [1.807, 2.05) is 55.5 Å². The summed E-state index contributed by atoms with van der Waals surface area (Å²) in [6, 6.07) is 20.6. The molecule has 0 bridgehead atoms. The fourth-order valence-electron chi connectivity index (χ4n) is 3.30. The lowest BCUT2D eigenvalue weighted by molar-refractivity contribution is -0.118. The first kappa shape index (κ1) is 19.2. The number of amides is 1. The SMILES string of the molecule is Cc1ccccc1N1C(S)=C(C#N)C(=O)NC1c1ccc(-c2ccccc2Cl)o1. The summed E-state index contributed by atoms with van der Waals surface area (Å²) < 4.78 is 6.07. The molecule has 1 amide bonds. The van der Waals surface area contributed by atoms with Gasteiger partial charge in [0.15, 0.2) is 6.17 Å².